The number of hydrogen-bond donors (Lipinski definition) is 2. The SMILES string of the molecule is NC1CCCC(OC(=O)Nc2cccc3ccccc23)C1. The molecular formula is C17H20N2O2. The van der Waals surface area contributed by atoms with Crippen molar-refractivity contribution in [2.45, 2.75) is 37.8 Å². The minimum absolute atomic E-state index is 0.0660. The van der Waals surface area contributed by atoms with E-state index in [-0.39, 0.29) is 12.1 Å². The van der Waals surface area contributed by atoms with Crippen LogP contribution in [0.4, 0.5) is 10.5 Å². The summed E-state index contributed by atoms with van der Waals surface area (Å²) in [5.41, 5.74) is 6.69. The Morgan fingerprint density at radius 1 is 1.14 bits per heavy atom. The van der Waals surface area contributed by atoms with Crippen LogP contribution in [0.3, 0.4) is 0 Å². The largest absolute Gasteiger partial charge is 0.446 e. The number of carbonyl (C=O) groups is 1. The highest BCUT2D eigenvalue weighted by molar-refractivity contribution is 6.00. The fourth-order valence-electron chi connectivity index (χ4n) is 2.91. The lowest BCUT2D eigenvalue weighted by atomic mass is 9.94. The second-order valence-corrected chi connectivity index (χ2v) is 5.61. The van der Waals surface area contributed by atoms with Gasteiger partial charge >= 0.3 is 6.09 Å². The van der Waals surface area contributed by atoms with Gasteiger partial charge in [-0.1, -0.05) is 36.4 Å². The minimum atomic E-state index is -0.398. The third-order valence-electron chi connectivity index (χ3n) is 3.97. The molecular weight excluding hydrogens is 264 g/mol. The molecule has 3 N–H and O–H groups in total. The van der Waals surface area contributed by atoms with Crippen molar-refractivity contribution in [3.8, 4) is 0 Å². The summed E-state index contributed by atoms with van der Waals surface area (Å²) in [6.45, 7) is 0. The molecule has 0 aromatic heterocycles. The van der Waals surface area contributed by atoms with Gasteiger partial charge in [-0.3, -0.25) is 5.32 Å². The number of benzene rings is 2. The van der Waals surface area contributed by atoms with Gasteiger partial charge in [0.25, 0.3) is 0 Å². The molecule has 1 saturated carbocycles. The molecule has 1 amide bonds. The molecule has 0 aliphatic heterocycles. The number of anilines is 1. The number of hydrogen-bond acceptors (Lipinski definition) is 3. The molecule has 0 bridgehead atoms. The van der Waals surface area contributed by atoms with Crippen molar-refractivity contribution in [2.75, 3.05) is 5.32 Å². The summed E-state index contributed by atoms with van der Waals surface area (Å²) in [5, 5.41) is 4.95. The Hall–Kier alpha value is -2.07. The molecule has 110 valence electrons. The number of fused-ring (bicyclic) bond motifs is 1. The van der Waals surface area contributed by atoms with Crippen LogP contribution in [0.5, 0.6) is 0 Å². The summed E-state index contributed by atoms with van der Waals surface area (Å²) in [6, 6.07) is 13.9. The third kappa shape index (κ3) is 3.34. The highest BCUT2D eigenvalue weighted by atomic mass is 16.6. The van der Waals surface area contributed by atoms with Gasteiger partial charge in [-0.2, -0.15) is 0 Å². The Morgan fingerprint density at radius 3 is 2.81 bits per heavy atom. The van der Waals surface area contributed by atoms with Crippen LogP contribution in [0.15, 0.2) is 42.5 Å². The second kappa shape index (κ2) is 6.14. The lowest BCUT2D eigenvalue weighted by Crippen LogP contribution is -2.34. The van der Waals surface area contributed by atoms with Crippen LogP contribution in [0.2, 0.25) is 0 Å². The quantitative estimate of drug-likeness (QED) is 0.884. The van der Waals surface area contributed by atoms with Crippen molar-refractivity contribution in [3.63, 3.8) is 0 Å². The van der Waals surface area contributed by atoms with E-state index in [1.807, 2.05) is 42.5 Å². The topological polar surface area (TPSA) is 64.3 Å². The zero-order chi connectivity index (χ0) is 14.7. The van der Waals surface area contributed by atoms with Gasteiger partial charge in [0.15, 0.2) is 0 Å². The molecule has 4 nitrogen and oxygen atoms in total. The normalized spacial score (nSPS) is 22.0. The van der Waals surface area contributed by atoms with Gasteiger partial charge in [0, 0.05) is 11.4 Å². The molecule has 1 aliphatic carbocycles. The average molecular weight is 284 g/mol. The van der Waals surface area contributed by atoms with Crippen LogP contribution in [0, 0.1) is 0 Å². The summed E-state index contributed by atoms with van der Waals surface area (Å²) in [4.78, 5) is 12.1. The van der Waals surface area contributed by atoms with Crippen LogP contribution < -0.4 is 11.1 Å². The zero-order valence-corrected chi connectivity index (χ0v) is 11.9. The summed E-state index contributed by atoms with van der Waals surface area (Å²) in [5.74, 6) is 0. The van der Waals surface area contributed by atoms with E-state index >= 15 is 0 Å². The van der Waals surface area contributed by atoms with Gasteiger partial charge in [0.05, 0.1) is 5.69 Å². The number of ether oxygens (including phenoxy) is 1. The molecule has 3 rings (SSSR count). The Bertz CT molecular complexity index is 636. The molecule has 1 fully saturated rings. The highest BCUT2D eigenvalue weighted by Crippen LogP contribution is 2.24. The van der Waals surface area contributed by atoms with Crippen molar-refractivity contribution in [2.24, 2.45) is 5.73 Å². The average Bonchev–Trinajstić information content (AvgIpc) is 2.47. The molecule has 0 spiro atoms. The van der Waals surface area contributed by atoms with Crippen molar-refractivity contribution >= 4 is 22.6 Å². The Kier molecular flexibility index (Phi) is 4.06. The summed E-state index contributed by atoms with van der Waals surface area (Å²) < 4.78 is 5.48. The van der Waals surface area contributed by atoms with Crippen molar-refractivity contribution in [1.29, 1.82) is 0 Å². The van der Waals surface area contributed by atoms with Gasteiger partial charge in [-0.05, 0) is 37.1 Å². The minimum Gasteiger partial charge on any atom is -0.446 e. The molecule has 2 aromatic carbocycles. The Labute approximate surface area is 124 Å². The maximum absolute atomic E-state index is 12.1. The smallest absolute Gasteiger partial charge is 0.411 e. The van der Waals surface area contributed by atoms with E-state index in [1.165, 1.54) is 0 Å². The first-order valence-corrected chi connectivity index (χ1v) is 7.43. The fraction of sp³-hybridized carbons (Fsp3) is 0.353. The lowest BCUT2D eigenvalue weighted by Gasteiger charge is -2.26. The first kappa shape index (κ1) is 13.9. The van der Waals surface area contributed by atoms with Crippen LogP contribution in [0.25, 0.3) is 10.8 Å². The molecule has 2 atom stereocenters. The molecule has 0 saturated heterocycles. The second-order valence-electron chi connectivity index (χ2n) is 5.61. The van der Waals surface area contributed by atoms with Gasteiger partial charge in [-0.15, -0.1) is 0 Å². The molecule has 2 aromatic rings. The number of carbonyl (C=O) groups excluding carboxylic acids is 1. The van der Waals surface area contributed by atoms with Gasteiger partial charge in [0.2, 0.25) is 0 Å². The van der Waals surface area contributed by atoms with Crippen LogP contribution in [-0.2, 0) is 4.74 Å². The van der Waals surface area contributed by atoms with E-state index in [1.54, 1.807) is 0 Å². The summed E-state index contributed by atoms with van der Waals surface area (Å²) in [6.07, 6.45) is 3.23. The van der Waals surface area contributed by atoms with Crippen LogP contribution >= 0.6 is 0 Å². The molecule has 1 aliphatic rings. The van der Waals surface area contributed by atoms with Crippen molar-refractivity contribution in [3.05, 3.63) is 42.5 Å². The molecule has 4 heteroatoms. The molecule has 2 unspecified atom stereocenters. The van der Waals surface area contributed by atoms with Crippen LogP contribution in [0.1, 0.15) is 25.7 Å². The monoisotopic (exact) mass is 284 g/mol. The summed E-state index contributed by atoms with van der Waals surface area (Å²) in [7, 11) is 0. The summed E-state index contributed by atoms with van der Waals surface area (Å²) >= 11 is 0. The first-order valence-electron chi connectivity index (χ1n) is 7.43. The Balaban J connectivity index is 1.69. The number of rotatable bonds is 2. The standard InChI is InChI=1S/C17H20N2O2/c18-13-7-4-8-14(11-13)21-17(20)19-16-10-3-6-12-5-1-2-9-15(12)16/h1-3,5-6,9-10,13-14H,4,7-8,11,18H2,(H,19,20). The van der Waals surface area contributed by atoms with E-state index in [2.05, 4.69) is 5.32 Å². The van der Waals surface area contributed by atoms with E-state index < -0.39 is 6.09 Å². The maximum atomic E-state index is 12.1. The number of nitrogens with one attached hydrogen (secondary N) is 1. The molecule has 0 radical (unpaired) electrons. The maximum Gasteiger partial charge on any atom is 0.411 e. The van der Waals surface area contributed by atoms with Gasteiger partial charge in [0.1, 0.15) is 6.10 Å². The van der Waals surface area contributed by atoms with E-state index in [9.17, 15) is 4.79 Å². The van der Waals surface area contributed by atoms with Gasteiger partial charge < -0.3 is 10.5 Å². The fourth-order valence-corrected chi connectivity index (χ4v) is 2.91. The van der Waals surface area contributed by atoms with Crippen LogP contribution in [-0.4, -0.2) is 18.2 Å². The van der Waals surface area contributed by atoms with Gasteiger partial charge in [-0.25, -0.2) is 4.79 Å². The molecule has 21 heavy (non-hydrogen) atoms. The van der Waals surface area contributed by atoms with Crippen molar-refractivity contribution in [1.82, 2.24) is 0 Å². The number of nitrogens with two attached hydrogens (primary N) is 1. The third-order valence-corrected chi connectivity index (χ3v) is 3.97. The highest BCUT2D eigenvalue weighted by Gasteiger charge is 2.22. The molecule has 0 heterocycles. The van der Waals surface area contributed by atoms with E-state index in [4.69, 9.17) is 10.5 Å². The van der Waals surface area contributed by atoms with E-state index in [0.717, 1.165) is 42.1 Å². The predicted molar refractivity (Wildman–Crippen MR) is 84.3 cm³/mol. The van der Waals surface area contributed by atoms with Crippen molar-refractivity contribution < 1.29 is 9.53 Å². The number of amides is 1. The van der Waals surface area contributed by atoms with E-state index in [0.29, 0.717) is 0 Å². The zero-order valence-electron chi connectivity index (χ0n) is 11.9. The lowest BCUT2D eigenvalue weighted by molar-refractivity contribution is 0.0812. The predicted octanol–water partition coefficient (Wildman–Crippen LogP) is 3.66. The Morgan fingerprint density at radius 2 is 1.95 bits per heavy atom. The first-order chi connectivity index (χ1) is 10.2.